The first kappa shape index (κ1) is 30.5. The number of esters is 1. The monoisotopic (exact) mass is 538 g/mol. The van der Waals surface area contributed by atoms with Gasteiger partial charge in [-0.2, -0.15) is 0 Å². The number of aryl methyl sites for hydroxylation is 4. The molecule has 0 unspecified atom stereocenters. The number of ether oxygens (including phenoxy) is 1. The predicted molar refractivity (Wildman–Crippen MR) is 154 cm³/mol. The number of aromatic nitrogens is 3. The first-order valence-electron chi connectivity index (χ1n) is 14.3. The van der Waals surface area contributed by atoms with Gasteiger partial charge in [-0.05, 0) is 97.2 Å². The number of nitrogens with zero attached hydrogens (tertiary/aromatic N) is 4. The fraction of sp³-hybridized carbons (Fsp3) is 0.633. The van der Waals surface area contributed by atoms with Gasteiger partial charge in [0.2, 0.25) is 5.91 Å². The van der Waals surface area contributed by atoms with Crippen molar-refractivity contribution in [2.75, 3.05) is 31.5 Å². The highest BCUT2D eigenvalue weighted by Gasteiger charge is 2.26. The van der Waals surface area contributed by atoms with Crippen LogP contribution in [0.1, 0.15) is 82.4 Å². The van der Waals surface area contributed by atoms with E-state index in [1.807, 2.05) is 27.7 Å². The third-order valence-corrected chi connectivity index (χ3v) is 6.70. The fourth-order valence-electron chi connectivity index (χ4n) is 4.78. The maximum Gasteiger partial charge on any atom is 0.329 e. The molecule has 0 aliphatic heterocycles. The first-order valence-corrected chi connectivity index (χ1v) is 14.3. The topological polar surface area (TPSA) is 109 Å². The SMILES string of the molecule is CC(=O)NCCN(CCCCc1ccc2c(n1)CCCC2)CC[C@H](Nc1cncc(C)n1)C(=O)OC(C)(C)C. The lowest BCUT2D eigenvalue weighted by Gasteiger charge is -2.28. The minimum Gasteiger partial charge on any atom is -0.458 e. The fourth-order valence-corrected chi connectivity index (χ4v) is 4.78. The summed E-state index contributed by atoms with van der Waals surface area (Å²) in [6, 6.07) is 3.88. The van der Waals surface area contributed by atoms with Crippen molar-refractivity contribution in [3.8, 4) is 0 Å². The highest BCUT2D eigenvalue weighted by atomic mass is 16.6. The highest BCUT2D eigenvalue weighted by molar-refractivity contribution is 5.79. The number of pyridine rings is 1. The van der Waals surface area contributed by atoms with E-state index >= 15 is 0 Å². The van der Waals surface area contributed by atoms with Crippen molar-refractivity contribution < 1.29 is 14.3 Å². The van der Waals surface area contributed by atoms with Crippen molar-refractivity contribution in [1.29, 1.82) is 0 Å². The molecule has 3 rings (SSSR count). The zero-order valence-electron chi connectivity index (χ0n) is 24.4. The Kier molecular flexibility index (Phi) is 11.7. The smallest absolute Gasteiger partial charge is 0.329 e. The number of fused-ring (bicyclic) bond motifs is 1. The molecule has 0 bridgehead atoms. The van der Waals surface area contributed by atoms with Gasteiger partial charge in [-0.15, -0.1) is 0 Å². The van der Waals surface area contributed by atoms with Gasteiger partial charge in [0, 0.05) is 44.1 Å². The quantitative estimate of drug-likeness (QED) is 0.274. The maximum atomic E-state index is 13.1. The first-order chi connectivity index (χ1) is 18.6. The van der Waals surface area contributed by atoms with Crippen molar-refractivity contribution in [3.05, 3.63) is 47.2 Å². The molecule has 9 nitrogen and oxygen atoms in total. The lowest BCUT2D eigenvalue weighted by molar-refractivity contribution is -0.156. The number of anilines is 1. The van der Waals surface area contributed by atoms with Gasteiger partial charge < -0.3 is 20.3 Å². The number of rotatable bonds is 14. The van der Waals surface area contributed by atoms with Gasteiger partial charge in [-0.1, -0.05) is 6.07 Å². The summed E-state index contributed by atoms with van der Waals surface area (Å²) in [6.07, 6.45) is 11.6. The zero-order valence-corrected chi connectivity index (χ0v) is 24.4. The van der Waals surface area contributed by atoms with Crippen LogP contribution in [0.2, 0.25) is 0 Å². The molecule has 1 aliphatic carbocycles. The molecule has 1 atom stereocenters. The summed E-state index contributed by atoms with van der Waals surface area (Å²) >= 11 is 0. The van der Waals surface area contributed by atoms with E-state index in [-0.39, 0.29) is 11.9 Å². The molecule has 214 valence electrons. The largest absolute Gasteiger partial charge is 0.458 e. The van der Waals surface area contributed by atoms with Crippen LogP contribution in [0.25, 0.3) is 0 Å². The molecule has 0 aromatic carbocycles. The van der Waals surface area contributed by atoms with Crippen molar-refractivity contribution in [3.63, 3.8) is 0 Å². The highest BCUT2D eigenvalue weighted by Crippen LogP contribution is 2.20. The van der Waals surface area contributed by atoms with Gasteiger partial charge >= 0.3 is 5.97 Å². The van der Waals surface area contributed by atoms with Crippen molar-refractivity contribution in [1.82, 2.24) is 25.2 Å². The van der Waals surface area contributed by atoms with E-state index in [2.05, 4.69) is 37.6 Å². The van der Waals surface area contributed by atoms with E-state index in [1.54, 1.807) is 12.4 Å². The molecule has 0 saturated heterocycles. The van der Waals surface area contributed by atoms with E-state index < -0.39 is 11.6 Å². The third-order valence-electron chi connectivity index (χ3n) is 6.70. The Morgan fingerprint density at radius 1 is 1.05 bits per heavy atom. The molecule has 1 aliphatic rings. The van der Waals surface area contributed by atoms with Crippen molar-refractivity contribution in [2.45, 2.75) is 97.6 Å². The van der Waals surface area contributed by atoms with Gasteiger partial charge in [0.1, 0.15) is 17.5 Å². The Morgan fingerprint density at radius 3 is 2.59 bits per heavy atom. The number of hydrogen-bond donors (Lipinski definition) is 2. The van der Waals surface area contributed by atoms with Crippen LogP contribution < -0.4 is 10.6 Å². The predicted octanol–water partition coefficient (Wildman–Crippen LogP) is 4.03. The Bertz CT molecular complexity index is 1080. The zero-order chi connectivity index (χ0) is 28.3. The molecule has 1 amide bonds. The molecule has 2 aromatic heterocycles. The minimum atomic E-state index is -0.592. The second kappa shape index (κ2) is 14.9. The number of unbranched alkanes of at least 4 members (excludes halogenated alkanes) is 1. The summed E-state index contributed by atoms with van der Waals surface area (Å²) in [4.78, 5) is 40.4. The van der Waals surface area contributed by atoms with E-state index in [0.29, 0.717) is 31.9 Å². The van der Waals surface area contributed by atoms with Crippen LogP contribution in [-0.2, 0) is 33.6 Å². The van der Waals surface area contributed by atoms with Crippen molar-refractivity contribution in [2.24, 2.45) is 0 Å². The van der Waals surface area contributed by atoms with E-state index in [1.165, 1.54) is 36.7 Å². The molecule has 0 radical (unpaired) electrons. The molecule has 39 heavy (non-hydrogen) atoms. The van der Waals surface area contributed by atoms with Crippen molar-refractivity contribution >= 4 is 17.7 Å². The molecular formula is C30H46N6O3. The molecule has 0 fully saturated rings. The average molecular weight is 539 g/mol. The summed E-state index contributed by atoms with van der Waals surface area (Å²) < 4.78 is 5.70. The van der Waals surface area contributed by atoms with Gasteiger partial charge in [-0.25, -0.2) is 9.78 Å². The van der Waals surface area contributed by atoms with Crippen LogP contribution in [0.3, 0.4) is 0 Å². The lowest BCUT2D eigenvalue weighted by atomic mass is 9.95. The summed E-state index contributed by atoms with van der Waals surface area (Å²) in [5.74, 6) is 0.194. The molecule has 9 heteroatoms. The van der Waals surface area contributed by atoms with E-state index in [0.717, 1.165) is 44.3 Å². The van der Waals surface area contributed by atoms with Crippen LogP contribution in [-0.4, -0.2) is 69.6 Å². The van der Waals surface area contributed by atoms with Crippen LogP contribution in [0.15, 0.2) is 24.5 Å². The van der Waals surface area contributed by atoms with Gasteiger partial charge in [0.05, 0.1) is 11.9 Å². The van der Waals surface area contributed by atoms with Gasteiger partial charge in [0.25, 0.3) is 0 Å². The standard InChI is InChI=1S/C30H46N6O3/c1-22-20-31-21-28(33-22)35-27(29(38)39-30(3,4)5)15-18-36(19-16-32-23(2)37)17-9-8-11-25-14-13-24-10-6-7-12-26(24)34-25/h13-14,20-21,27H,6-12,15-19H2,1-5H3,(H,32,37)(H,33,35)/t27-/m0/s1. The van der Waals surface area contributed by atoms with Gasteiger partial charge in [-0.3, -0.25) is 14.8 Å². The second-order valence-corrected chi connectivity index (χ2v) is 11.5. The number of amides is 1. The van der Waals surface area contributed by atoms with Crippen LogP contribution >= 0.6 is 0 Å². The van der Waals surface area contributed by atoms with Crippen LogP contribution in [0.4, 0.5) is 5.82 Å². The third kappa shape index (κ3) is 11.3. The molecule has 0 spiro atoms. The number of carbonyl (C=O) groups excluding carboxylic acids is 2. The Morgan fingerprint density at radius 2 is 1.85 bits per heavy atom. The Balaban J connectivity index is 1.58. The Hall–Kier alpha value is -3.07. The summed E-state index contributed by atoms with van der Waals surface area (Å²) in [5, 5.41) is 6.13. The number of hydrogen-bond acceptors (Lipinski definition) is 8. The summed E-state index contributed by atoms with van der Waals surface area (Å²) in [6.45, 7) is 11.8. The van der Waals surface area contributed by atoms with E-state index in [4.69, 9.17) is 9.72 Å². The summed E-state index contributed by atoms with van der Waals surface area (Å²) in [7, 11) is 0. The number of nitrogens with one attached hydrogen (secondary N) is 2. The molecule has 2 heterocycles. The van der Waals surface area contributed by atoms with E-state index in [9.17, 15) is 9.59 Å². The molecule has 2 aromatic rings. The number of carbonyl (C=O) groups is 2. The minimum absolute atomic E-state index is 0.0419. The average Bonchev–Trinajstić information content (AvgIpc) is 2.87. The van der Waals surface area contributed by atoms with Gasteiger partial charge in [0.15, 0.2) is 0 Å². The lowest BCUT2D eigenvalue weighted by Crippen LogP contribution is -2.41. The molecule has 0 saturated carbocycles. The maximum absolute atomic E-state index is 13.1. The van der Waals surface area contributed by atoms with Crippen LogP contribution in [0.5, 0.6) is 0 Å². The Labute approximate surface area is 233 Å². The summed E-state index contributed by atoms with van der Waals surface area (Å²) in [5.41, 5.74) is 4.06. The van der Waals surface area contributed by atoms with Crippen LogP contribution in [0, 0.1) is 6.92 Å². The second-order valence-electron chi connectivity index (χ2n) is 11.5. The molecular weight excluding hydrogens is 492 g/mol. The molecule has 2 N–H and O–H groups in total. The normalized spacial score (nSPS) is 14.0.